The van der Waals surface area contributed by atoms with Crippen molar-refractivity contribution in [1.82, 2.24) is 10.2 Å². The third kappa shape index (κ3) is 5.68. The summed E-state index contributed by atoms with van der Waals surface area (Å²) >= 11 is 0. The van der Waals surface area contributed by atoms with Gasteiger partial charge >= 0.3 is 0 Å². The molecule has 0 aromatic rings. The van der Waals surface area contributed by atoms with Crippen LogP contribution in [0.2, 0.25) is 0 Å². The Hall–Kier alpha value is -0.160. The van der Waals surface area contributed by atoms with Gasteiger partial charge in [-0.05, 0) is 44.2 Å². The van der Waals surface area contributed by atoms with Gasteiger partial charge < -0.3 is 20.1 Å². The first-order valence-corrected chi connectivity index (χ1v) is 8.06. The summed E-state index contributed by atoms with van der Waals surface area (Å²) in [6.07, 6.45) is 2.21. The van der Waals surface area contributed by atoms with Gasteiger partial charge in [-0.2, -0.15) is 0 Å². The summed E-state index contributed by atoms with van der Waals surface area (Å²) in [7, 11) is 3.74. The maximum atomic E-state index is 9.84. The Morgan fingerprint density at radius 2 is 2.05 bits per heavy atom. The standard InChI is InChI=1S/C16H34N2O2/c1-6-17-16-8-12(2)7-13(3)15(16)10-18(4)9-14(19)11-20-5/h12-17,19H,6-11H2,1-5H3. The molecule has 2 N–H and O–H groups in total. The Bertz CT molecular complexity index is 263. The van der Waals surface area contributed by atoms with E-state index in [1.54, 1.807) is 7.11 Å². The Labute approximate surface area is 124 Å². The number of nitrogens with zero attached hydrogens (tertiary/aromatic N) is 1. The van der Waals surface area contributed by atoms with Gasteiger partial charge in [-0.25, -0.2) is 0 Å². The number of rotatable bonds is 8. The largest absolute Gasteiger partial charge is 0.389 e. The van der Waals surface area contributed by atoms with Crippen LogP contribution < -0.4 is 5.32 Å². The zero-order chi connectivity index (χ0) is 15.1. The van der Waals surface area contributed by atoms with Crippen LogP contribution in [-0.2, 0) is 4.74 Å². The maximum Gasteiger partial charge on any atom is 0.0899 e. The number of hydrogen-bond acceptors (Lipinski definition) is 4. The van der Waals surface area contributed by atoms with Crippen LogP contribution in [0.4, 0.5) is 0 Å². The third-order valence-electron chi connectivity index (χ3n) is 4.55. The lowest BCUT2D eigenvalue weighted by atomic mass is 9.72. The third-order valence-corrected chi connectivity index (χ3v) is 4.55. The molecule has 1 aliphatic rings. The van der Waals surface area contributed by atoms with Crippen LogP contribution in [0.25, 0.3) is 0 Å². The SMILES string of the molecule is CCNC1CC(C)CC(C)C1CN(C)CC(O)COC. The molecule has 0 spiro atoms. The molecule has 4 heteroatoms. The van der Waals surface area contributed by atoms with Gasteiger partial charge in [-0.15, -0.1) is 0 Å². The Morgan fingerprint density at radius 1 is 1.35 bits per heavy atom. The van der Waals surface area contributed by atoms with E-state index in [1.807, 2.05) is 0 Å². The molecule has 20 heavy (non-hydrogen) atoms. The fraction of sp³-hybridized carbons (Fsp3) is 1.00. The number of aliphatic hydroxyl groups is 1. The summed E-state index contributed by atoms with van der Waals surface area (Å²) in [6, 6.07) is 0.612. The van der Waals surface area contributed by atoms with Crippen LogP contribution in [0, 0.1) is 17.8 Å². The highest BCUT2D eigenvalue weighted by Gasteiger charge is 2.34. The van der Waals surface area contributed by atoms with Crippen molar-refractivity contribution >= 4 is 0 Å². The molecule has 1 fully saturated rings. The first-order chi connectivity index (χ1) is 9.47. The van der Waals surface area contributed by atoms with Crippen molar-refractivity contribution in [3.8, 4) is 0 Å². The quantitative estimate of drug-likeness (QED) is 0.711. The van der Waals surface area contributed by atoms with Crippen LogP contribution in [0.1, 0.15) is 33.6 Å². The molecule has 0 aromatic carbocycles. The van der Waals surface area contributed by atoms with E-state index in [-0.39, 0.29) is 6.10 Å². The maximum absolute atomic E-state index is 9.84. The average Bonchev–Trinajstić information content (AvgIpc) is 2.34. The van der Waals surface area contributed by atoms with E-state index in [0.29, 0.717) is 25.1 Å². The zero-order valence-corrected chi connectivity index (χ0v) is 13.9. The molecule has 0 aromatic heterocycles. The molecule has 0 aliphatic heterocycles. The predicted octanol–water partition coefficient (Wildman–Crippen LogP) is 1.59. The minimum atomic E-state index is -0.389. The van der Waals surface area contributed by atoms with Gasteiger partial charge in [0.15, 0.2) is 0 Å². The number of ether oxygens (including phenoxy) is 1. The second-order valence-electron chi connectivity index (χ2n) is 6.71. The molecular weight excluding hydrogens is 252 g/mol. The normalized spacial score (nSPS) is 32.5. The Balaban J connectivity index is 2.52. The molecule has 1 aliphatic carbocycles. The number of nitrogens with one attached hydrogen (secondary N) is 1. The minimum absolute atomic E-state index is 0.389. The molecule has 0 amide bonds. The molecule has 0 heterocycles. The zero-order valence-electron chi connectivity index (χ0n) is 13.9. The lowest BCUT2D eigenvalue weighted by Crippen LogP contribution is -2.49. The van der Waals surface area contributed by atoms with Crippen molar-refractivity contribution in [3.63, 3.8) is 0 Å². The van der Waals surface area contributed by atoms with E-state index in [4.69, 9.17) is 4.74 Å². The van der Waals surface area contributed by atoms with Crippen molar-refractivity contribution in [2.24, 2.45) is 17.8 Å². The van der Waals surface area contributed by atoms with E-state index in [2.05, 4.69) is 38.0 Å². The number of aliphatic hydroxyl groups excluding tert-OH is 1. The van der Waals surface area contributed by atoms with Crippen molar-refractivity contribution < 1.29 is 9.84 Å². The fourth-order valence-corrected chi connectivity index (χ4v) is 3.75. The van der Waals surface area contributed by atoms with Gasteiger partial charge in [-0.3, -0.25) is 0 Å². The van der Waals surface area contributed by atoms with Gasteiger partial charge in [0, 0.05) is 26.2 Å². The monoisotopic (exact) mass is 286 g/mol. The lowest BCUT2D eigenvalue weighted by molar-refractivity contribution is 0.0312. The van der Waals surface area contributed by atoms with Crippen molar-refractivity contribution in [2.45, 2.75) is 45.8 Å². The van der Waals surface area contributed by atoms with Gasteiger partial charge in [0.2, 0.25) is 0 Å². The molecule has 0 radical (unpaired) electrons. The van der Waals surface area contributed by atoms with Crippen LogP contribution in [0.3, 0.4) is 0 Å². The Morgan fingerprint density at radius 3 is 2.65 bits per heavy atom. The summed E-state index contributed by atoms with van der Waals surface area (Å²) in [5.41, 5.74) is 0. The van der Waals surface area contributed by atoms with Gasteiger partial charge in [0.05, 0.1) is 12.7 Å². The average molecular weight is 286 g/mol. The van der Waals surface area contributed by atoms with Crippen molar-refractivity contribution in [3.05, 3.63) is 0 Å². The summed E-state index contributed by atoms with van der Waals surface area (Å²) < 4.78 is 5.00. The van der Waals surface area contributed by atoms with Gasteiger partial charge in [0.25, 0.3) is 0 Å². The van der Waals surface area contributed by atoms with Crippen molar-refractivity contribution in [2.75, 3.05) is 40.4 Å². The molecular formula is C16H34N2O2. The summed E-state index contributed by atoms with van der Waals surface area (Å²) in [5.74, 6) is 2.23. The second-order valence-corrected chi connectivity index (χ2v) is 6.71. The molecule has 120 valence electrons. The van der Waals surface area contributed by atoms with Crippen LogP contribution >= 0.6 is 0 Å². The highest BCUT2D eigenvalue weighted by Crippen LogP contribution is 2.34. The first kappa shape index (κ1) is 17.9. The van der Waals surface area contributed by atoms with Crippen LogP contribution in [0.15, 0.2) is 0 Å². The second kappa shape index (κ2) is 8.98. The molecule has 1 saturated carbocycles. The lowest BCUT2D eigenvalue weighted by Gasteiger charge is -2.42. The molecule has 5 atom stereocenters. The number of methoxy groups -OCH3 is 1. The fourth-order valence-electron chi connectivity index (χ4n) is 3.75. The number of likely N-dealkylation sites (N-methyl/N-ethyl adjacent to an activating group) is 1. The van der Waals surface area contributed by atoms with E-state index in [9.17, 15) is 5.11 Å². The predicted molar refractivity (Wildman–Crippen MR) is 83.9 cm³/mol. The topological polar surface area (TPSA) is 44.7 Å². The van der Waals surface area contributed by atoms with E-state index in [0.717, 1.165) is 24.9 Å². The van der Waals surface area contributed by atoms with Gasteiger partial charge in [-0.1, -0.05) is 20.8 Å². The number of hydrogen-bond donors (Lipinski definition) is 2. The summed E-state index contributed by atoms with van der Waals surface area (Å²) in [6.45, 7) is 10.1. The molecule has 5 unspecified atom stereocenters. The van der Waals surface area contributed by atoms with E-state index >= 15 is 0 Å². The minimum Gasteiger partial charge on any atom is -0.389 e. The molecule has 0 bridgehead atoms. The van der Waals surface area contributed by atoms with Crippen LogP contribution in [-0.4, -0.2) is 62.6 Å². The summed E-state index contributed by atoms with van der Waals surface area (Å²) in [5, 5.41) is 13.5. The van der Waals surface area contributed by atoms with E-state index < -0.39 is 0 Å². The first-order valence-electron chi connectivity index (χ1n) is 8.06. The molecule has 0 saturated heterocycles. The molecule has 1 rings (SSSR count). The highest BCUT2D eigenvalue weighted by molar-refractivity contribution is 4.89. The molecule has 4 nitrogen and oxygen atoms in total. The summed E-state index contributed by atoms with van der Waals surface area (Å²) in [4.78, 5) is 2.26. The van der Waals surface area contributed by atoms with E-state index in [1.165, 1.54) is 12.8 Å². The Kier molecular flexibility index (Phi) is 8.03. The van der Waals surface area contributed by atoms with Gasteiger partial charge in [0.1, 0.15) is 0 Å². The smallest absolute Gasteiger partial charge is 0.0899 e. The highest BCUT2D eigenvalue weighted by atomic mass is 16.5. The van der Waals surface area contributed by atoms with Crippen molar-refractivity contribution in [1.29, 1.82) is 0 Å². The van der Waals surface area contributed by atoms with Crippen LogP contribution in [0.5, 0.6) is 0 Å².